The molecule has 0 bridgehead atoms. The van der Waals surface area contributed by atoms with Gasteiger partial charge in [0, 0.05) is 18.6 Å². The minimum Gasteiger partial charge on any atom is -0.311 e. The molecule has 3 nitrogen and oxygen atoms in total. The fourth-order valence-electron chi connectivity index (χ4n) is 1.64. The predicted octanol–water partition coefficient (Wildman–Crippen LogP) is 2.38. The first-order valence-corrected chi connectivity index (χ1v) is 4.98. The zero-order chi connectivity index (χ0) is 11.5. The van der Waals surface area contributed by atoms with Crippen molar-refractivity contribution in [3.63, 3.8) is 0 Å². The SMILES string of the molecule is C=CC(=O)N(C)c1cccc2ncccc12. The highest BCUT2D eigenvalue weighted by molar-refractivity contribution is 6.06. The maximum absolute atomic E-state index is 11.5. The number of hydrogen-bond acceptors (Lipinski definition) is 2. The number of aromatic nitrogens is 1. The lowest BCUT2D eigenvalue weighted by Crippen LogP contribution is -2.23. The number of amides is 1. The topological polar surface area (TPSA) is 33.2 Å². The maximum atomic E-state index is 11.5. The second kappa shape index (κ2) is 4.14. The van der Waals surface area contributed by atoms with E-state index in [2.05, 4.69) is 11.6 Å². The number of anilines is 1. The molecule has 0 N–H and O–H groups in total. The summed E-state index contributed by atoms with van der Waals surface area (Å²) in [7, 11) is 1.73. The second-order valence-electron chi connectivity index (χ2n) is 3.45. The van der Waals surface area contributed by atoms with Gasteiger partial charge >= 0.3 is 0 Å². The molecule has 2 rings (SSSR count). The van der Waals surface area contributed by atoms with Gasteiger partial charge in [0.25, 0.3) is 0 Å². The van der Waals surface area contributed by atoms with Crippen LogP contribution in [-0.2, 0) is 4.79 Å². The van der Waals surface area contributed by atoms with Crippen molar-refractivity contribution in [3.8, 4) is 0 Å². The van der Waals surface area contributed by atoms with Crippen molar-refractivity contribution in [2.75, 3.05) is 11.9 Å². The second-order valence-corrected chi connectivity index (χ2v) is 3.45. The molecule has 0 aliphatic rings. The Hall–Kier alpha value is -2.16. The van der Waals surface area contributed by atoms with Crippen LogP contribution in [0.25, 0.3) is 10.9 Å². The Morgan fingerprint density at radius 1 is 1.38 bits per heavy atom. The van der Waals surface area contributed by atoms with Crippen molar-refractivity contribution in [2.45, 2.75) is 0 Å². The first kappa shape index (κ1) is 10.4. The highest BCUT2D eigenvalue weighted by Crippen LogP contribution is 2.24. The predicted molar refractivity (Wildman–Crippen MR) is 65.4 cm³/mol. The number of pyridine rings is 1. The van der Waals surface area contributed by atoms with E-state index in [0.29, 0.717) is 0 Å². The summed E-state index contributed by atoms with van der Waals surface area (Å²) in [6.07, 6.45) is 3.04. The molecule has 1 aromatic heterocycles. The van der Waals surface area contributed by atoms with Crippen molar-refractivity contribution in [1.82, 2.24) is 4.98 Å². The molecule has 0 saturated heterocycles. The summed E-state index contributed by atoms with van der Waals surface area (Å²) in [4.78, 5) is 17.4. The molecule has 0 saturated carbocycles. The van der Waals surface area contributed by atoms with E-state index in [1.54, 1.807) is 18.1 Å². The lowest BCUT2D eigenvalue weighted by Gasteiger charge is -2.17. The van der Waals surface area contributed by atoms with Gasteiger partial charge in [0.1, 0.15) is 0 Å². The molecule has 2 aromatic rings. The minimum atomic E-state index is -0.128. The summed E-state index contributed by atoms with van der Waals surface area (Å²) in [5, 5.41) is 0.961. The van der Waals surface area contributed by atoms with Gasteiger partial charge in [0.2, 0.25) is 5.91 Å². The van der Waals surface area contributed by atoms with Gasteiger partial charge < -0.3 is 4.90 Å². The number of carbonyl (C=O) groups is 1. The first-order valence-electron chi connectivity index (χ1n) is 4.98. The molecule has 0 unspecified atom stereocenters. The van der Waals surface area contributed by atoms with Crippen molar-refractivity contribution in [3.05, 3.63) is 49.2 Å². The maximum Gasteiger partial charge on any atom is 0.250 e. The van der Waals surface area contributed by atoms with Gasteiger partial charge in [-0.2, -0.15) is 0 Å². The Morgan fingerprint density at radius 3 is 2.94 bits per heavy atom. The molecule has 0 radical (unpaired) electrons. The molecule has 0 aliphatic heterocycles. The van der Waals surface area contributed by atoms with Crippen molar-refractivity contribution in [2.24, 2.45) is 0 Å². The zero-order valence-electron chi connectivity index (χ0n) is 9.05. The third-order valence-corrected chi connectivity index (χ3v) is 2.49. The lowest BCUT2D eigenvalue weighted by atomic mass is 10.1. The summed E-state index contributed by atoms with van der Waals surface area (Å²) < 4.78 is 0. The van der Waals surface area contributed by atoms with Crippen LogP contribution in [0.15, 0.2) is 49.2 Å². The fraction of sp³-hybridized carbons (Fsp3) is 0.0769. The van der Waals surface area contributed by atoms with Crippen molar-refractivity contribution in [1.29, 1.82) is 0 Å². The fourth-order valence-corrected chi connectivity index (χ4v) is 1.64. The molecule has 3 heteroatoms. The molecule has 16 heavy (non-hydrogen) atoms. The van der Waals surface area contributed by atoms with E-state index in [0.717, 1.165) is 16.6 Å². The van der Waals surface area contributed by atoms with Gasteiger partial charge in [-0.1, -0.05) is 12.6 Å². The van der Waals surface area contributed by atoms with Crippen LogP contribution < -0.4 is 4.90 Å². The monoisotopic (exact) mass is 212 g/mol. The van der Waals surface area contributed by atoms with Crippen LogP contribution in [0.3, 0.4) is 0 Å². The number of carbonyl (C=O) groups excluding carboxylic acids is 1. The van der Waals surface area contributed by atoms with E-state index >= 15 is 0 Å². The van der Waals surface area contributed by atoms with Gasteiger partial charge in [0.15, 0.2) is 0 Å². The molecule has 80 valence electrons. The van der Waals surface area contributed by atoms with Crippen LogP contribution in [0.1, 0.15) is 0 Å². The van der Waals surface area contributed by atoms with Crippen molar-refractivity contribution >= 4 is 22.5 Å². The molecular weight excluding hydrogens is 200 g/mol. The summed E-state index contributed by atoms with van der Waals surface area (Å²) in [6, 6.07) is 9.51. The Balaban J connectivity index is 2.60. The Kier molecular flexibility index (Phi) is 2.68. The Bertz CT molecular complexity index is 543. The molecule has 1 amide bonds. The van der Waals surface area contributed by atoms with Crippen LogP contribution >= 0.6 is 0 Å². The lowest BCUT2D eigenvalue weighted by molar-refractivity contribution is -0.113. The molecule has 0 aliphatic carbocycles. The van der Waals surface area contributed by atoms with Crippen LogP contribution in [0.4, 0.5) is 5.69 Å². The van der Waals surface area contributed by atoms with E-state index in [1.165, 1.54) is 6.08 Å². The quantitative estimate of drug-likeness (QED) is 0.716. The minimum absolute atomic E-state index is 0.128. The van der Waals surface area contributed by atoms with Gasteiger partial charge in [0.05, 0.1) is 11.2 Å². The smallest absolute Gasteiger partial charge is 0.250 e. The average molecular weight is 212 g/mol. The molecular formula is C13H12N2O. The summed E-state index contributed by atoms with van der Waals surface area (Å²) >= 11 is 0. The first-order chi connectivity index (χ1) is 7.74. The van der Waals surface area contributed by atoms with Crippen LogP contribution in [0.2, 0.25) is 0 Å². The number of fused-ring (bicyclic) bond motifs is 1. The third kappa shape index (κ3) is 1.67. The summed E-state index contributed by atoms with van der Waals surface area (Å²) in [6.45, 7) is 3.48. The Morgan fingerprint density at radius 2 is 2.19 bits per heavy atom. The number of likely N-dealkylation sites (N-methyl/N-ethyl adjacent to an activating group) is 1. The molecule has 0 atom stereocenters. The average Bonchev–Trinajstić information content (AvgIpc) is 2.36. The van der Waals surface area contributed by atoms with Crippen LogP contribution in [0, 0.1) is 0 Å². The normalized spacial score (nSPS) is 10.1. The van der Waals surface area contributed by atoms with E-state index in [1.807, 2.05) is 30.3 Å². The third-order valence-electron chi connectivity index (χ3n) is 2.49. The number of nitrogens with zero attached hydrogens (tertiary/aromatic N) is 2. The molecule has 0 spiro atoms. The number of rotatable bonds is 2. The molecule has 0 fully saturated rings. The van der Waals surface area contributed by atoms with Gasteiger partial charge in [-0.25, -0.2) is 0 Å². The van der Waals surface area contributed by atoms with E-state index in [-0.39, 0.29) is 5.91 Å². The summed E-state index contributed by atoms with van der Waals surface area (Å²) in [5.74, 6) is -0.128. The number of benzene rings is 1. The number of hydrogen-bond donors (Lipinski definition) is 0. The molecule has 1 aromatic carbocycles. The summed E-state index contributed by atoms with van der Waals surface area (Å²) in [5.41, 5.74) is 1.72. The van der Waals surface area contributed by atoms with E-state index < -0.39 is 0 Å². The van der Waals surface area contributed by atoms with Gasteiger partial charge in [-0.3, -0.25) is 9.78 Å². The zero-order valence-corrected chi connectivity index (χ0v) is 9.05. The highest BCUT2D eigenvalue weighted by atomic mass is 16.2. The molecule has 1 heterocycles. The Labute approximate surface area is 94.0 Å². The van der Waals surface area contributed by atoms with Gasteiger partial charge in [-0.05, 0) is 30.3 Å². The van der Waals surface area contributed by atoms with Crippen LogP contribution in [0.5, 0.6) is 0 Å². The van der Waals surface area contributed by atoms with Gasteiger partial charge in [-0.15, -0.1) is 0 Å². The van der Waals surface area contributed by atoms with Crippen LogP contribution in [-0.4, -0.2) is 17.9 Å². The highest BCUT2D eigenvalue weighted by Gasteiger charge is 2.10. The largest absolute Gasteiger partial charge is 0.311 e. The van der Waals surface area contributed by atoms with E-state index in [4.69, 9.17) is 0 Å². The van der Waals surface area contributed by atoms with Crippen molar-refractivity contribution < 1.29 is 4.79 Å². The van der Waals surface area contributed by atoms with E-state index in [9.17, 15) is 4.79 Å². The standard InChI is InChI=1S/C13H12N2O/c1-3-13(16)15(2)12-8-4-7-11-10(12)6-5-9-14-11/h3-9H,1H2,2H3.